The molecule has 0 fully saturated rings. The number of nitrogens with zero attached hydrogens (tertiary/aromatic N) is 3. The number of amides is 1. The molecule has 0 radical (unpaired) electrons. The molecular weight excluding hydrogens is 270 g/mol. The quantitative estimate of drug-likeness (QED) is 0.863. The van der Waals surface area contributed by atoms with E-state index < -0.39 is 0 Å². The lowest BCUT2D eigenvalue weighted by molar-refractivity contribution is 0.0643. The van der Waals surface area contributed by atoms with Crippen LogP contribution in [0, 0.1) is 6.92 Å². The highest BCUT2D eigenvalue weighted by Crippen LogP contribution is 2.29. The summed E-state index contributed by atoms with van der Waals surface area (Å²) in [7, 11) is 3.60. The summed E-state index contributed by atoms with van der Waals surface area (Å²) in [5.74, 6) is 1.17. The molecule has 0 bridgehead atoms. The molecule has 0 saturated carbocycles. The number of fused-ring (bicyclic) bond motifs is 1. The summed E-state index contributed by atoms with van der Waals surface area (Å²) in [4.78, 5) is 14.3. The van der Waals surface area contributed by atoms with Crippen LogP contribution in [0.15, 0.2) is 22.7 Å². The van der Waals surface area contributed by atoms with Crippen LogP contribution < -0.4 is 0 Å². The van der Waals surface area contributed by atoms with Gasteiger partial charge in [-0.2, -0.15) is 5.10 Å². The van der Waals surface area contributed by atoms with Gasteiger partial charge in [0.2, 0.25) is 0 Å². The van der Waals surface area contributed by atoms with Crippen LogP contribution in [0.1, 0.15) is 33.5 Å². The molecule has 2 aromatic rings. The fourth-order valence-electron chi connectivity index (χ4n) is 2.96. The molecule has 1 unspecified atom stereocenters. The van der Waals surface area contributed by atoms with Gasteiger partial charge in [0.25, 0.3) is 5.91 Å². The summed E-state index contributed by atoms with van der Waals surface area (Å²) < 4.78 is 12.6. The van der Waals surface area contributed by atoms with Gasteiger partial charge in [-0.3, -0.25) is 9.48 Å². The standard InChI is InChI=1S/C15H19N3O3/c1-10-4-5-13(21-10)15(19)18-7-11-6-16-17(2)14(11)12(8-18)9-20-3/h4-6,12H,7-9H2,1-3H3. The van der Waals surface area contributed by atoms with Crippen molar-refractivity contribution >= 4 is 5.91 Å². The van der Waals surface area contributed by atoms with Gasteiger partial charge < -0.3 is 14.1 Å². The van der Waals surface area contributed by atoms with Crippen molar-refractivity contribution in [1.29, 1.82) is 0 Å². The molecule has 1 aliphatic heterocycles. The molecule has 3 heterocycles. The van der Waals surface area contributed by atoms with E-state index in [1.54, 1.807) is 24.1 Å². The zero-order valence-corrected chi connectivity index (χ0v) is 12.5. The maximum Gasteiger partial charge on any atom is 0.289 e. The maximum atomic E-state index is 12.5. The van der Waals surface area contributed by atoms with Crippen LogP contribution in [-0.4, -0.2) is 40.8 Å². The van der Waals surface area contributed by atoms with Gasteiger partial charge in [0.1, 0.15) is 5.76 Å². The van der Waals surface area contributed by atoms with Crippen LogP contribution in [0.3, 0.4) is 0 Å². The number of aromatic nitrogens is 2. The van der Waals surface area contributed by atoms with Crippen LogP contribution in [0.5, 0.6) is 0 Å². The minimum Gasteiger partial charge on any atom is -0.456 e. The molecule has 6 heteroatoms. The summed E-state index contributed by atoms with van der Waals surface area (Å²) in [6.07, 6.45) is 1.82. The van der Waals surface area contributed by atoms with E-state index in [2.05, 4.69) is 5.10 Å². The first-order valence-corrected chi connectivity index (χ1v) is 6.95. The molecule has 1 atom stereocenters. The number of hydrogen-bond donors (Lipinski definition) is 0. The van der Waals surface area contributed by atoms with Crippen LogP contribution >= 0.6 is 0 Å². The predicted octanol–water partition coefficient (Wildman–Crippen LogP) is 1.71. The number of carbonyl (C=O) groups excluding carboxylic acids is 1. The highest BCUT2D eigenvalue weighted by molar-refractivity contribution is 5.91. The van der Waals surface area contributed by atoms with E-state index in [0.717, 1.165) is 17.0 Å². The molecule has 0 spiro atoms. The molecule has 0 N–H and O–H groups in total. The van der Waals surface area contributed by atoms with E-state index in [0.29, 0.717) is 25.5 Å². The SMILES string of the molecule is COCC1CN(C(=O)c2ccc(C)o2)Cc2cnn(C)c21. The Hall–Kier alpha value is -2.08. The number of ether oxygens (including phenoxy) is 1. The highest BCUT2D eigenvalue weighted by Gasteiger charge is 2.32. The normalized spacial score (nSPS) is 17.9. The average Bonchev–Trinajstić information content (AvgIpc) is 3.05. The smallest absolute Gasteiger partial charge is 0.289 e. The number of methoxy groups -OCH3 is 1. The minimum absolute atomic E-state index is 0.0845. The molecule has 1 aliphatic rings. The van der Waals surface area contributed by atoms with E-state index in [4.69, 9.17) is 9.15 Å². The van der Waals surface area contributed by atoms with Crippen LogP contribution in [0.2, 0.25) is 0 Å². The third-order valence-electron chi connectivity index (χ3n) is 3.86. The van der Waals surface area contributed by atoms with Gasteiger partial charge in [-0.25, -0.2) is 0 Å². The van der Waals surface area contributed by atoms with Gasteiger partial charge in [0.15, 0.2) is 5.76 Å². The Bertz CT molecular complexity index is 659. The molecular formula is C15H19N3O3. The second-order valence-electron chi connectivity index (χ2n) is 5.43. The van der Waals surface area contributed by atoms with Gasteiger partial charge in [0.05, 0.1) is 18.5 Å². The van der Waals surface area contributed by atoms with E-state index in [1.165, 1.54) is 0 Å². The summed E-state index contributed by atoms with van der Waals surface area (Å²) in [6.45, 7) is 3.56. The zero-order chi connectivity index (χ0) is 15.0. The van der Waals surface area contributed by atoms with Crippen molar-refractivity contribution in [2.45, 2.75) is 19.4 Å². The van der Waals surface area contributed by atoms with Crippen molar-refractivity contribution in [3.05, 3.63) is 41.1 Å². The second-order valence-corrected chi connectivity index (χ2v) is 5.43. The highest BCUT2D eigenvalue weighted by atomic mass is 16.5. The number of rotatable bonds is 3. The lowest BCUT2D eigenvalue weighted by Crippen LogP contribution is -2.39. The van der Waals surface area contributed by atoms with Crippen molar-refractivity contribution in [3.63, 3.8) is 0 Å². The van der Waals surface area contributed by atoms with Gasteiger partial charge >= 0.3 is 0 Å². The van der Waals surface area contributed by atoms with Crippen molar-refractivity contribution in [1.82, 2.24) is 14.7 Å². The van der Waals surface area contributed by atoms with E-state index >= 15 is 0 Å². The maximum absolute atomic E-state index is 12.5. The molecule has 3 rings (SSSR count). The van der Waals surface area contributed by atoms with Gasteiger partial charge in [0, 0.05) is 38.7 Å². The summed E-state index contributed by atoms with van der Waals surface area (Å²) in [6, 6.07) is 3.53. The molecule has 0 aromatic carbocycles. The zero-order valence-electron chi connectivity index (χ0n) is 12.5. The van der Waals surface area contributed by atoms with Crippen molar-refractivity contribution in [2.24, 2.45) is 7.05 Å². The third kappa shape index (κ3) is 2.47. The van der Waals surface area contributed by atoms with Crippen LogP contribution in [0.4, 0.5) is 0 Å². The average molecular weight is 289 g/mol. The number of hydrogen-bond acceptors (Lipinski definition) is 4. The molecule has 1 amide bonds. The number of aryl methyl sites for hydroxylation is 2. The lowest BCUT2D eigenvalue weighted by atomic mass is 9.96. The Kier molecular flexibility index (Phi) is 3.55. The van der Waals surface area contributed by atoms with Crippen LogP contribution in [0.25, 0.3) is 0 Å². The summed E-state index contributed by atoms with van der Waals surface area (Å²) in [5.41, 5.74) is 2.22. The van der Waals surface area contributed by atoms with E-state index in [9.17, 15) is 4.79 Å². The Morgan fingerprint density at radius 3 is 3.00 bits per heavy atom. The Balaban J connectivity index is 1.87. The number of carbonyl (C=O) groups is 1. The van der Waals surface area contributed by atoms with Crippen molar-refractivity contribution in [2.75, 3.05) is 20.3 Å². The summed E-state index contributed by atoms with van der Waals surface area (Å²) in [5, 5.41) is 4.30. The monoisotopic (exact) mass is 289 g/mol. The first-order valence-electron chi connectivity index (χ1n) is 6.95. The molecule has 112 valence electrons. The summed E-state index contributed by atoms with van der Waals surface area (Å²) >= 11 is 0. The third-order valence-corrected chi connectivity index (χ3v) is 3.86. The van der Waals surface area contributed by atoms with Crippen molar-refractivity contribution < 1.29 is 13.9 Å². The van der Waals surface area contributed by atoms with Gasteiger partial charge in [-0.05, 0) is 19.1 Å². The first kappa shape index (κ1) is 13.9. The fraction of sp³-hybridized carbons (Fsp3) is 0.467. The van der Waals surface area contributed by atoms with Crippen molar-refractivity contribution in [3.8, 4) is 0 Å². The van der Waals surface area contributed by atoms with Gasteiger partial charge in [-0.1, -0.05) is 0 Å². The lowest BCUT2D eigenvalue weighted by Gasteiger charge is -2.32. The Morgan fingerprint density at radius 2 is 2.33 bits per heavy atom. The Morgan fingerprint density at radius 1 is 1.52 bits per heavy atom. The van der Waals surface area contributed by atoms with E-state index in [1.807, 2.05) is 24.9 Å². The predicted molar refractivity (Wildman–Crippen MR) is 76.0 cm³/mol. The number of furan rings is 1. The molecule has 0 aliphatic carbocycles. The molecule has 6 nitrogen and oxygen atoms in total. The molecule has 21 heavy (non-hydrogen) atoms. The second kappa shape index (κ2) is 5.37. The fourth-order valence-corrected chi connectivity index (χ4v) is 2.96. The minimum atomic E-state index is -0.0845. The molecule has 2 aromatic heterocycles. The molecule has 0 saturated heterocycles. The Labute approximate surface area is 123 Å². The first-order chi connectivity index (χ1) is 10.1. The topological polar surface area (TPSA) is 60.5 Å². The van der Waals surface area contributed by atoms with E-state index in [-0.39, 0.29) is 11.8 Å². The van der Waals surface area contributed by atoms with Gasteiger partial charge in [-0.15, -0.1) is 0 Å². The largest absolute Gasteiger partial charge is 0.456 e. The van der Waals surface area contributed by atoms with Crippen LogP contribution in [-0.2, 0) is 18.3 Å².